The van der Waals surface area contributed by atoms with Gasteiger partial charge in [-0.1, -0.05) is 49.7 Å². The van der Waals surface area contributed by atoms with Crippen LogP contribution in [0.3, 0.4) is 0 Å². The average molecular weight is 244 g/mol. The lowest BCUT2D eigenvalue weighted by atomic mass is 9.81. The number of nitrogens with zero attached hydrogens (tertiary/aromatic N) is 1. The summed E-state index contributed by atoms with van der Waals surface area (Å²) in [6.07, 6.45) is 0. The highest BCUT2D eigenvalue weighted by atomic mass is 35.5. The highest BCUT2D eigenvalue weighted by Crippen LogP contribution is 2.46. The first-order valence-corrected chi connectivity index (χ1v) is 6.17. The van der Waals surface area contributed by atoms with E-state index in [-0.39, 0.29) is 5.41 Å². The Hall–Kier alpha value is -1.34. The van der Waals surface area contributed by atoms with E-state index in [4.69, 9.17) is 16.6 Å². The third kappa shape index (κ3) is 1.35. The van der Waals surface area contributed by atoms with Gasteiger partial charge < -0.3 is 0 Å². The Balaban J connectivity index is 2.48. The van der Waals surface area contributed by atoms with Gasteiger partial charge >= 0.3 is 0 Å². The number of hydrogen-bond acceptors (Lipinski definition) is 1. The normalized spacial score (nSPS) is 17.1. The standard InChI is InChI=1S/C15H14ClN/c1-9-15(2,3)12-8-13(16)10-6-4-5-7-11(10)14(12)17-9/h4-8H,1-3H3. The van der Waals surface area contributed by atoms with Gasteiger partial charge in [-0.3, -0.25) is 4.99 Å². The van der Waals surface area contributed by atoms with Crippen LogP contribution in [0, 0.1) is 0 Å². The molecule has 1 aliphatic heterocycles. The lowest BCUT2D eigenvalue weighted by Gasteiger charge is -2.20. The summed E-state index contributed by atoms with van der Waals surface area (Å²) in [5, 5.41) is 3.06. The van der Waals surface area contributed by atoms with Crippen LogP contribution in [0.25, 0.3) is 10.8 Å². The van der Waals surface area contributed by atoms with Crippen molar-refractivity contribution in [3.63, 3.8) is 0 Å². The molecule has 0 N–H and O–H groups in total. The van der Waals surface area contributed by atoms with E-state index in [1.54, 1.807) is 0 Å². The van der Waals surface area contributed by atoms with E-state index >= 15 is 0 Å². The minimum atomic E-state index is -0.0109. The Morgan fingerprint density at radius 1 is 1.12 bits per heavy atom. The second kappa shape index (κ2) is 3.33. The molecule has 2 aromatic rings. The van der Waals surface area contributed by atoms with E-state index in [1.165, 1.54) is 5.56 Å². The molecular formula is C15H14ClN. The van der Waals surface area contributed by atoms with Crippen molar-refractivity contribution in [2.24, 2.45) is 4.99 Å². The first-order chi connectivity index (χ1) is 8.01. The molecule has 0 fully saturated rings. The summed E-state index contributed by atoms with van der Waals surface area (Å²) in [7, 11) is 0. The van der Waals surface area contributed by atoms with E-state index in [0.717, 1.165) is 27.2 Å². The number of aliphatic imine (C=N–C) groups is 1. The minimum Gasteiger partial charge on any atom is -0.256 e. The largest absolute Gasteiger partial charge is 0.256 e. The van der Waals surface area contributed by atoms with Crippen LogP contribution in [-0.2, 0) is 5.41 Å². The maximum Gasteiger partial charge on any atom is 0.0749 e. The van der Waals surface area contributed by atoms with Crippen LogP contribution >= 0.6 is 11.6 Å². The molecule has 0 spiro atoms. The Bertz CT molecular complexity index is 653. The fourth-order valence-electron chi connectivity index (χ4n) is 2.42. The summed E-state index contributed by atoms with van der Waals surface area (Å²) in [6, 6.07) is 10.3. The molecule has 0 saturated carbocycles. The molecule has 0 unspecified atom stereocenters. The van der Waals surface area contributed by atoms with Crippen LogP contribution in [0.5, 0.6) is 0 Å². The van der Waals surface area contributed by atoms with Crippen LogP contribution in [0.1, 0.15) is 26.3 Å². The molecule has 0 aliphatic carbocycles. The number of fused-ring (bicyclic) bond motifs is 3. The highest BCUT2D eigenvalue weighted by molar-refractivity contribution is 6.36. The van der Waals surface area contributed by atoms with Gasteiger partial charge in [-0.2, -0.15) is 0 Å². The van der Waals surface area contributed by atoms with Gasteiger partial charge in [-0.05, 0) is 18.6 Å². The lowest BCUT2D eigenvalue weighted by molar-refractivity contribution is 0.734. The van der Waals surface area contributed by atoms with Crippen molar-refractivity contribution in [3.05, 3.63) is 40.9 Å². The molecule has 1 nitrogen and oxygen atoms in total. The molecule has 0 radical (unpaired) electrons. The molecule has 0 amide bonds. The summed E-state index contributed by atoms with van der Waals surface area (Å²) in [5.41, 5.74) is 3.47. The summed E-state index contributed by atoms with van der Waals surface area (Å²) >= 11 is 6.36. The minimum absolute atomic E-state index is 0.0109. The van der Waals surface area contributed by atoms with E-state index in [9.17, 15) is 0 Å². The van der Waals surface area contributed by atoms with Crippen molar-refractivity contribution in [1.82, 2.24) is 0 Å². The molecule has 3 rings (SSSR count). The quantitative estimate of drug-likeness (QED) is 0.626. The molecule has 1 heterocycles. The third-order valence-electron chi connectivity index (χ3n) is 3.82. The van der Waals surface area contributed by atoms with Gasteiger partial charge in [0.2, 0.25) is 0 Å². The van der Waals surface area contributed by atoms with E-state index in [2.05, 4.69) is 32.9 Å². The zero-order valence-electron chi connectivity index (χ0n) is 10.2. The van der Waals surface area contributed by atoms with Crippen molar-refractivity contribution < 1.29 is 0 Å². The topological polar surface area (TPSA) is 12.4 Å². The van der Waals surface area contributed by atoms with Crippen molar-refractivity contribution in [2.75, 3.05) is 0 Å². The molecule has 0 aromatic heterocycles. The Labute approximate surface area is 106 Å². The van der Waals surface area contributed by atoms with Crippen LogP contribution in [0.15, 0.2) is 35.3 Å². The van der Waals surface area contributed by atoms with Crippen LogP contribution in [-0.4, -0.2) is 5.71 Å². The molecule has 0 bridgehead atoms. The number of rotatable bonds is 0. The monoisotopic (exact) mass is 243 g/mol. The van der Waals surface area contributed by atoms with Gasteiger partial charge in [-0.15, -0.1) is 0 Å². The van der Waals surface area contributed by atoms with Gasteiger partial charge in [-0.25, -0.2) is 0 Å². The second-order valence-corrected chi connectivity index (χ2v) is 5.53. The third-order valence-corrected chi connectivity index (χ3v) is 4.14. The fourth-order valence-corrected chi connectivity index (χ4v) is 2.69. The zero-order valence-corrected chi connectivity index (χ0v) is 11.0. The highest BCUT2D eigenvalue weighted by Gasteiger charge is 2.33. The predicted octanol–water partition coefficient (Wildman–Crippen LogP) is 4.88. The van der Waals surface area contributed by atoms with Gasteiger partial charge in [0, 0.05) is 26.9 Å². The maximum atomic E-state index is 6.36. The van der Waals surface area contributed by atoms with E-state index < -0.39 is 0 Å². The number of halogens is 1. The molecule has 0 atom stereocenters. The van der Waals surface area contributed by atoms with Crippen molar-refractivity contribution in [3.8, 4) is 0 Å². The van der Waals surface area contributed by atoms with Crippen LogP contribution in [0.2, 0.25) is 5.02 Å². The van der Waals surface area contributed by atoms with E-state index in [1.807, 2.05) is 18.2 Å². The second-order valence-electron chi connectivity index (χ2n) is 5.12. The molecule has 1 aliphatic rings. The molecular weight excluding hydrogens is 230 g/mol. The molecule has 2 heteroatoms. The predicted molar refractivity (Wildman–Crippen MR) is 74.8 cm³/mol. The molecule has 86 valence electrons. The average Bonchev–Trinajstić information content (AvgIpc) is 2.53. The van der Waals surface area contributed by atoms with Gasteiger partial charge in [0.15, 0.2) is 0 Å². The summed E-state index contributed by atoms with van der Waals surface area (Å²) in [5.74, 6) is 0. The Morgan fingerprint density at radius 3 is 2.47 bits per heavy atom. The maximum absolute atomic E-state index is 6.36. The van der Waals surface area contributed by atoms with Crippen molar-refractivity contribution in [2.45, 2.75) is 26.2 Å². The van der Waals surface area contributed by atoms with Crippen LogP contribution in [0.4, 0.5) is 5.69 Å². The smallest absolute Gasteiger partial charge is 0.0749 e. The molecule has 2 aromatic carbocycles. The lowest BCUT2D eigenvalue weighted by Crippen LogP contribution is -2.22. The number of hydrogen-bond donors (Lipinski definition) is 0. The first-order valence-electron chi connectivity index (χ1n) is 5.79. The molecule has 0 saturated heterocycles. The number of benzene rings is 2. The van der Waals surface area contributed by atoms with Gasteiger partial charge in [0.1, 0.15) is 0 Å². The van der Waals surface area contributed by atoms with E-state index in [0.29, 0.717) is 0 Å². The summed E-state index contributed by atoms with van der Waals surface area (Å²) in [6.45, 7) is 6.48. The van der Waals surface area contributed by atoms with Crippen LogP contribution < -0.4 is 0 Å². The zero-order chi connectivity index (χ0) is 12.2. The van der Waals surface area contributed by atoms with Crippen molar-refractivity contribution >= 4 is 33.8 Å². The van der Waals surface area contributed by atoms with Gasteiger partial charge in [0.25, 0.3) is 0 Å². The first kappa shape index (κ1) is 10.8. The summed E-state index contributed by atoms with van der Waals surface area (Å²) in [4.78, 5) is 4.73. The Morgan fingerprint density at radius 2 is 1.76 bits per heavy atom. The summed E-state index contributed by atoms with van der Waals surface area (Å²) < 4.78 is 0. The SMILES string of the molecule is CC1=Nc2c(cc(Cl)c3ccccc23)C1(C)C. The van der Waals surface area contributed by atoms with Gasteiger partial charge in [0.05, 0.1) is 5.69 Å². The molecule has 17 heavy (non-hydrogen) atoms. The fraction of sp³-hybridized carbons (Fsp3) is 0.267. The van der Waals surface area contributed by atoms with Crippen molar-refractivity contribution in [1.29, 1.82) is 0 Å². The Kier molecular flexibility index (Phi) is 2.11.